The molecule has 0 saturated heterocycles. The SMILES string of the molecule is CS(Cc1ccccc1)(OS(=O)(=O)C(F)(F)C(F)(F)C(F)(F)F)c1ccccc1. The van der Waals surface area contributed by atoms with E-state index >= 15 is 0 Å². The predicted octanol–water partition coefficient (Wildman–Crippen LogP) is 5.73. The molecule has 2 aromatic carbocycles. The third kappa shape index (κ3) is 4.53. The summed E-state index contributed by atoms with van der Waals surface area (Å²) in [5.41, 5.74) is 0.412. The molecule has 0 spiro atoms. The summed E-state index contributed by atoms with van der Waals surface area (Å²) in [6.07, 6.45) is -5.71. The summed E-state index contributed by atoms with van der Waals surface area (Å²) in [7, 11) is -9.98. The highest BCUT2D eigenvalue weighted by Crippen LogP contribution is 2.60. The Morgan fingerprint density at radius 3 is 1.69 bits per heavy atom. The highest BCUT2D eigenvalue weighted by molar-refractivity contribution is 8.32. The minimum Gasteiger partial charge on any atom is -0.211 e. The van der Waals surface area contributed by atoms with Crippen LogP contribution in [-0.2, 0) is 19.5 Å². The van der Waals surface area contributed by atoms with Gasteiger partial charge in [0.1, 0.15) is 0 Å². The van der Waals surface area contributed by atoms with Crippen LogP contribution in [0.3, 0.4) is 0 Å². The molecule has 0 saturated carbocycles. The molecular formula is C17H15F7O3S2. The molecule has 0 aromatic heterocycles. The summed E-state index contributed by atoms with van der Waals surface area (Å²) in [6.45, 7) is 0. The lowest BCUT2D eigenvalue weighted by atomic mass is 10.2. The van der Waals surface area contributed by atoms with Crippen LogP contribution in [0.5, 0.6) is 0 Å². The van der Waals surface area contributed by atoms with Gasteiger partial charge >= 0.3 is 27.5 Å². The molecule has 0 radical (unpaired) electrons. The van der Waals surface area contributed by atoms with Gasteiger partial charge in [0.15, 0.2) is 0 Å². The van der Waals surface area contributed by atoms with Gasteiger partial charge in [-0.15, -0.1) is 0 Å². The Balaban J connectivity index is 2.53. The zero-order valence-electron chi connectivity index (χ0n) is 14.7. The van der Waals surface area contributed by atoms with Crippen LogP contribution in [-0.4, -0.2) is 32.0 Å². The van der Waals surface area contributed by atoms with Crippen LogP contribution in [0.2, 0.25) is 0 Å². The summed E-state index contributed by atoms with van der Waals surface area (Å²) in [6, 6.07) is 14.7. The van der Waals surface area contributed by atoms with Crippen LogP contribution in [0.4, 0.5) is 30.7 Å². The van der Waals surface area contributed by atoms with Crippen molar-refractivity contribution in [1.82, 2.24) is 0 Å². The molecule has 0 aliphatic rings. The van der Waals surface area contributed by atoms with Gasteiger partial charge in [-0.1, -0.05) is 58.8 Å². The number of rotatable bonds is 7. The van der Waals surface area contributed by atoms with Crippen LogP contribution in [0.15, 0.2) is 65.6 Å². The van der Waals surface area contributed by atoms with Gasteiger partial charge in [0.2, 0.25) is 0 Å². The Morgan fingerprint density at radius 1 is 0.793 bits per heavy atom. The molecule has 1 unspecified atom stereocenters. The lowest BCUT2D eigenvalue weighted by Gasteiger charge is -2.37. The van der Waals surface area contributed by atoms with E-state index < -0.39 is 37.8 Å². The first-order chi connectivity index (χ1) is 13.1. The lowest BCUT2D eigenvalue weighted by Crippen LogP contribution is -2.56. The zero-order chi connectivity index (χ0) is 22.1. The molecule has 1 atom stereocenters. The molecule has 162 valence electrons. The second kappa shape index (κ2) is 7.80. The van der Waals surface area contributed by atoms with Crippen LogP contribution in [0.25, 0.3) is 0 Å². The van der Waals surface area contributed by atoms with Crippen molar-refractivity contribution in [2.75, 3.05) is 6.26 Å². The predicted molar refractivity (Wildman–Crippen MR) is 94.3 cm³/mol. The van der Waals surface area contributed by atoms with E-state index in [2.05, 4.69) is 3.63 Å². The Kier molecular flexibility index (Phi) is 6.32. The van der Waals surface area contributed by atoms with E-state index in [-0.39, 0.29) is 10.6 Å². The molecule has 0 N–H and O–H groups in total. The van der Waals surface area contributed by atoms with Gasteiger partial charge in [-0.2, -0.15) is 39.2 Å². The fourth-order valence-corrected chi connectivity index (χ4v) is 6.90. The molecule has 12 heteroatoms. The first kappa shape index (κ1) is 23.5. The molecular weight excluding hydrogens is 449 g/mol. The molecule has 2 rings (SSSR count). The van der Waals surface area contributed by atoms with Gasteiger partial charge in [0.05, 0.1) is 0 Å². The summed E-state index contributed by atoms with van der Waals surface area (Å²) in [5.74, 6) is -7.16. The number of halogens is 7. The first-order valence-corrected chi connectivity index (χ1v) is 11.3. The second-order valence-corrected chi connectivity index (χ2v) is 10.8. The smallest absolute Gasteiger partial charge is 0.211 e. The van der Waals surface area contributed by atoms with Gasteiger partial charge < -0.3 is 0 Å². The summed E-state index contributed by atoms with van der Waals surface area (Å²) < 4.78 is 120. The highest BCUT2D eigenvalue weighted by atomic mass is 32.3. The number of alkyl halides is 7. The average Bonchev–Trinajstić information content (AvgIpc) is 2.61. The fraction of sp³-hybridized carbons (Fsp3) is 0.294. The van der Waals surface area contributed by atoms with E-state index in [1.165, 1.54) is 42.5 Å². The van der Waals surface area contributed by atoms with E-state index in [4.69, 9.17) is 0 Å². The quantitative estimate of drug-likeness (QED) is 0.492. The maximum atomic E-state index is 13.9. The van der Waals surface area contributed by atoms with E-state index in [9.17, 15) is 39.2 Å². The largest absolute Gasteiger partial charge is 0.461 e. The molecule has 2 aromatic rings. The van der Waals surface area contributed by atoms with Crippen molar-refractivity contribution >= 4 is 20.4 Å². The summed E-state index contributed by atoms with van der Waals surface area (Å²) in [5, 5.41) is -6.53. The monoisotopic (exact) mass is 464 g/mol. The van der Waals surface area contributed by atoms with E-state index in [1.54, 1.807) is 18.2 Å². The fourth-order valence-electron chi connectivity index (χ4n) is 2.31. The topological polar surface area (TPSA) is 43.4 Å². The lowest BCUT2D eigenvalue weighted by molar-refractivity contribution is -0.333. The number of hydrogen-bond acceptors (Lipinski definition) is 3. The van der Waals surface area contributed by atoms with Crippen molar-refractivity contribution < 1.29 is 42.8 Å². The highest BCUT2D eigenvalue weighted by Gasteiger charge is 2.79. The minimum atomic E-state index is -6.84. The molecule has 0 heterocycles. The van der Waals surface area contributed by atoms with Gasteiger partial charge in [-0.3, -0.25) is 0 Å². The molecule has 29 heavy (non-hydrogen) atoms. The molecule has 0 aliphatic heterocycles. The van der Waals surface area contributed by atoms with E-state index in [0.29, 0.717) is 5.56 Å². The van der Waals surface area contributed by atoms with Crippen LogP contribution >= 0.6 is 10.3 Å². The van der Waals surface area contributed by atoms with Gasteiger partial charge in [0.25, 0.3) is 0 Å². The molecule has 0 fully saturated rings. The Bertz CT molecular complexity index is 933. The molecule has 0 bridgehead atoms. The second-order valence-electron chi connectivity index (χ2n) is 6.06. The Morgan fingerprint density at radius 2 is 1.24 bits per heavy atom. The number of hydrogen-bond donors (Lipinski definition) is 0. The van der Waals surface area contributed by atoms with Gasteiger partial charge in [-0.25, -0.2) is 3.63 Å². The third-order valence-corrected chi connectivity index (χ3v) is 8.76. The summed E-state index contributed by atoms with van der Waals surface area (Å²) >= 11 is 0. The summed E-state index contributed by atoms with van der Waals surface area (Å²) in [4.78, 5) is 0.0681. The minimum absolute atomic E-state index is 0.0681. The van der Waals surface area contributed by atoms with Crippen molar-refractivity contribution in [2.24, 2.45) is 0 Å². The average molecular weight is 464 g/mol. The molecule has 0 amide bonds. The van der Waals surface area contributed by atoms with Crippen LogP contribution < -0.4 is 0 Å². The van der Waals surface area contributed by atoms with Crippen molar-refractivity contribution in [2.45, 2.75) is 28.0 Å². The van der Waals surface area contributed by atoms with Crippen molar-refractivity contribution in [3.63, 3.8) is 0 Å². The van der Waals surface area contributed by atoms with Gasteiger partial charge in [-0.05, 0) is 24.0 Å². The number of benzene rings is 2. The van der Waals surface area contributed by atoms with Crippen LogP contribution in [0, 0.1) is 0 Å². The van der Waals surface area contributed by atoms with Gasteiger partial charge in [0, 0.05) is 10.6 Å². The zero-order valence-corrected chi connectivity index (χ0v) is 16.3. The maximum absolute atomic E-state index is 13.9. The van der Waals surface area contributed by atoms with Crippen LogP contribution in [0.1, 0.15) is 5.56 Å². The van der Waals surface area contributed by atoms with Crippen molar-refractivity contribution in [3.05, 3.63) is 66.2 Å². The standard InChI is InChI=1S/C17H15F7O3S2/c1-28(14-10-6-3-7-11-14,12-13-8-4-2-5-9-13)27-29(25,26)17(23,24)15(18,19)16(20,21)22/h2-11H,12H2,1H3. The van der Waals surface area contributed by atoms with Crippen molar-refractivity contribution in [1.29, 1.82) is 0 Å². The van der Waals surface area contributed by atoms with E-state index in [1.807, 2.05) is 0 Å². The normalized spacial score (nSPS) is 16.8. The molecule has 0 aliphatic carbocycles. The van der Waals surface area contributed by atoms with E-state index in [0.717, 1.165) is 6.26 Å². The Hall–Kier alpha value is -1.79. The van der Waals surface area contributed by atoms with Crippen molar-refractivity contribution in [3.8, 4) is 0 Å². The first-order valence-electron chi connectivity index (χ1n) is 7.77. The molecule has 3 nitrogen and oxygen atoms in total. The maximum Gasteiger partial charge on any atom is 0.461 e. The third-order valence-electron chi connectivity index (χ3n) is 3.80. The Labute approximate surface area is 164 Å².